The number of nitrogens with zero attached hydrogens (tertiary/aromatic N) is 5. The van der Waals surface area contributed by atoms with Crippen molar-refractivity contribution in [2.24, 2.45) is 0 Å². The molecule has 0 bridgehead atoms. The molecule has 0 saturated carbocycles. The Morgan fingerprint density at radius 3 is 1.61 bits per heavy atom. The summed E-state index contributed by atoms with van der Waals surface area (Å²) in [6, 6.07) is 47.6. The predicted octanol–water partition coefficient (Wildman–Crippen LogP) is 8.52. The van der Waals surface area contributed by atoms with Gasteiger partial charge in [0.05, 0.1) is 28.1 Å². The van der Waals surface area contributed by atoms with Crippen molar-refractivity contribution in [3.8, 4) is 39.3 Å². The maximum atomic E-state index is 5.25. The third-order valence-electron chi connectivity index (χ3n) is 7.47. The van der Waals surface area contributed by atoms with Gasteiger partial charge in [-0.1, -0.05) is 103 Å². The molecule has 5 nitrogen and oxygen atoms in total. The average Bonchev–Trinajstić information content (AvgIpc) is 3.49. The van der Waals surface area contributed by atoms with Gasteiger partial charge in [-0.05, 0) is 47.5 Å². The third kappa shape index (κ3) is 4.12. The van der Waals surface area contributed by atoms with Crippen LogP contribution >= 0.6 is 0 Å². The van der Waals surface area contributed by atoms with E-state index in [1.807, 2.05) is 48.5 Å². The molecular formula is C36H23N5. The van der Waals surface area contributed by atoms with Crippen LogP contribution in [0.4, 0.5) is 0 Å². The monoisotopic (exact) mass is 525 g/mol. The SMILES string of the molecule is c1ccc(-c2ccc(-n3nc4ccccc4n3)c(-c3ccc4ccc5ccc(-c6ccccc6)nc5c4n3)c2)cc1. The number of rotatable bonds is 4. The molecule has 0 radical (unpaired) electrons. The van der Waals surface area contributed by atoms with Gasteiger partial charge in [0.25, 0.3) is 0 Å². The molecule has 8 aromatic rings. The highest BCUT2D eigenvalue weighted by Gasteiger charge is 2.15. The van der Waals surface area contributed by atoms with Gasteiger partial charge in [0.2, 0.25) is 0 Å². The van der Waals surface area contributed by atoms with Gasteiger partial charge in [-0.25, -0.2) is 9.97 Å². The van der Waals surface area contributed by atoms with Crippen LogP contribution in [0.1, 0.15) is 0 Å². The van der Waals surface area contributed by atoms with Crippen LogP contribution in [0.2, 0.25) is 0 Å². The van der Waals surface area contributed by atoms with Crippen LogP contribution in [-0.4, -0.2) is 25.0 Å². The number of aromatic nitrogens is 5. The van der Waals surface area contributed by atoms with Crippen molar-refractivity contribution in [1.82, 2.24) is 25.0 Å². The summed E-state index contributed by atoms with van der Waals surface area (Å²) in [4.78, 5) is 12.1. The number of pyridine rings is 2. The van der Waals surface area contributed by atoms with Gasteiger partial charge in [-0.15, -0.1) is 15.0 Å². The number of hydrogen-bond donors (Lipinski definition) is 0. The minimum Gasteiger partial charge on any atom is -0.245 e. The van der Waals surface area contributed by atoms with Gasteiger partial charge in [0.15, 0.2) is 0 Å². The molecule has 5 heteroatoms. The lowest BCUT2D eigenvalue weighted by Crippen LogP contribution is -2.02. The van der Waals surface area contributed by atoms with Crippen LogP contribution in [0.5, 0.6) is 0 Å². The quantitative estimate of drug-likeness (QED) is 0.216. The normalized spacial score (nSPS) is 11.4. The van der Waals surface area contributed by atoms with E-state index in [4.69, 9.17) is 20.2 Å². The molecule has 0 aliphatic carbocycles. The number of hydrogen-bond acceptors (Lipinski definition) is 4. The Labute approximate surface area is 236 Å². The Hall–Kier alpha value is -5.68. The smallest absolute Gasteiger partial charge is 0.113 e. The molecule has 0 amide bonds. The first-order valence-corrected chi connectivity index (χ1v) is 13.6. The zero-order valence-corrected chi connectivity index (χ0v) is 22.0. The molecule has 0 unspecified atom stereocenters. The molecule has 8 rings (SSSR count). The van der Waals surface area contributed by atoms with Gasteiger partial charge < -0.3 is 0 Å². The predicted molar refractivity (Wildman–Crippen MR) is 166 cm³/mol. The summed E-state index contributed by atoms with van der Waals surface area (Å²) in [7, 11) is 0. The number of fused-ring (bicyclic) bond motifs is 4. The zero-order valence-electron chi connectivity index (χ0n) is 22.0. The Kier molecular flexibility index (Phi) is 5.38. The molecule has 0 aliphatic heterocycles. The first-order valence-electron chi connectivity index (χ1n) is 13.6. The van der Waals surface area contributed by atoms with Gasteiger partial charge in [0, 0.05) is 21.9 Å². The fourth-order valence-electron chi connectivity index (χ4n) is 5.38. The second-order valence-corrected chi connectivity index (χ2v) is 10.0. The first-order chi connectivity index (χ1) is 20.3. The second-order valence-electron chi connectivity index (χ2n) is 10.0. The topological polar surface area (TPSA) is 56.5 Å². The van der Waals surface area contributed by atoms with Crippen LogP contribution in [-0.2, 0) is 0 Å². The summed E-state index contributed by atoms with van der Waals surface area (Å²) >= 11 is 0. The van der Waals surface area contributed by atoms with Crippen molar-refractivity contribution < 1.29 is 0 Å². The first kappa shape index (κ1) is 23.2. The number of benzene rings is 5. The molecule has 5 aromatic carbocycles. The largest absolute Gasteiger partial charge is 0.245 e. The summed E-state index contributed by atoms with van der Waals surface area (Å²) in [6.45, 7) is 0. The highest BCUT2D eigenvalue weighted by atomic mass is 15.5. The van der Waals surface area contributed by atoms with E-state index in [1.165, 1.54) is 0 Å². The average molecular weight is 526 g/mol. The summed E-state index contributed by atoms with van der Waals surface area (Å²) < 4.78 is 0. The van der Waals surface area contributed by atoms with E-state index in [0.29, 0.717) is 0 Å². The van der Waals surface area contributed by atoms with Crippen molar-refractivity contribution in [3.05, 3.63) is 140 Å². The van der Waals surface area contributed by atoms with Crippen LogP contribution < -0.4 is 0 Å². The van der Waals surface area contributed by atoms with Crippen LogP contribution in [0, 0.1) is 0 Å². The minimum atomic E-state index is 0.839. The lowest BCUT2D eigenvalue weighted by molar-refractivity contribution is 0.767. The molecule has 0 spiro atoms. The van der Waals surface area contributed by atoms with E-state index in [-0.39, 0.29) is 0 Å². The van der Waals surface area contributed by atoms with E-state index in [9.17, 15) is 0 Å². The third-order valence-corrected chi connectivity index (χ3v) is 7.47. The van der Waals surface area contributed by atoms with Crippen molar-refractivity contribution >= 4 is 32.8 Å². The molecule has 41 heavy (non-hydrogen) atoms. The Morgan fingerprint density at radius 1 is 0.415 bits per heavy atom. The van der Waals surface area contributed by atoms with E-state index in [0.717, 1.165) is 72.2 Å². The fourth-order valence-corrected chi connectivity index (χ4v) is 5.38. The van der Waals surface area contributed by atoms with Crippen molar-refractivity contribution in [2.45, 2.75) is 0 Å². The molecule has 0 aliphatic rings. The van der Waals surface area contributed by atoms with Crippen molar-refractivity contribution in [1.29, 1.82) is 0 Å². The zero-order chi connectivity index (χ0) is 27.2. The maximum Gasteiger partial charge on any atom is 0.113 e. The van der Waals surface area contributed by atoms with Gasteiger partial charge in [-0.2, -0.15) is 0 Å². The summed E-state index contributed by atoms with van der Waals surface area (Å²) in [5.74, 6) is 0. The molecule has 0 atom stereocenters. The second kappa shape index (κ2) is 9.50. The molecule has 3 aromatic heterocycles. The highest BCUT2D eigenvalue weighted by molar-refractivity contribution is 6.04. The lowest BCUT2D eigenvalue weighted by Gasteiger charge is -2.13. The van der Waals surface area contributed by atoms with Crippen LogP contribution in [0.25, 0.3) is 72.2 Å². The van der Waals surface area contributed by atoms with E-state index in [1.54, 1.807) is 4.80 Å². The Morgan fingerprint density at radius 2 is 0.951 bits per heavy atom. The Bertz CT molecular complexity index is 2170. The van der Waals surface area contributed by atoms with Gasteiger partial charge >= 0.3 is 0 Å². The van der Waals surface area contributed by atoms with Crippen LogP contribution in [0.15, 0.2) is 140 Å². The van der Waals surface area contributed by atoms with Crippen molar-refractivity contribution in [3.63, 3.8) is 0 Å². The fraction of sp³-hybridized carbons (Fsp3) is 0. The van der Waals surface area contributed by atoms with Gasteiger partial charge in [-0.3, -0.25) is 0 Å². The lowest BCUT2D eigenvalue weighted by atomic mass is 9.99. The van der Waals surface area contributed by atoms with E-state index >= 15 is 0 Å². The molecule has 0 N–H and O–H groups in total. The summed E-state index contributed by atoms with van der Waals surface area (Å²) in [5.41, 5.74) is 10.4. The van der Waals surface area contributed by atoms with Crippen molar-refractivity contribution in [2.75, 3.05) is 0 Å². The standard InChI is InChI=1S/C36H23N5/c1-3-9-24(10-4-1)28-19-22-34(41-39-32-13-7-8-14-33(32)40-41)29(23-28)31-21-18-27-16-15-26-17-20-30(25-11-5-2-6-12-25)37-35(26)36(27)38-31/h1-23H. The molecule has 0 fully saturated rings. The molecule has 0 saturated heterocycles. The van der Waals surface area contributed by atoms with E-state index < -0.39 is 0 Å². The molecular weight excluding hydrogens is 502 g/mol. The summed E-state index contributed by atoms with van der Waals surface area (Å²) in [5, 5.41) is 11.7. The van der Waals surface area contributed by atoms with E-state index in [2.05, 4.69) is 91.0 Å². The molecule has 3 heterocycles. The maximum absolute atomic E-state index is 5.25. The molecule has 192 valence electrons. The van der Waals surface area contributed by atoms with Crippen LogP contribution in [0.3, 0.4) is 0 Å². The summed E-state index contributed by atoms with van der Waals surface area (Å²) in [6.07, 6.45) is 0. The minimum absolute atomic E-state index is 0.839. The Balaban J connectivity index is 1.36. The highest BCUT2D eigenvalue weighted by Crippen LogP contribution is 2.34. The van der Waals surface area contributed by atoms with Gasteiger partial charge in [0.1, 0.15) is 11.0 Å².